The molecule has 7 heteroatoms. The lowest BCUT2D eigenvalue weighted by molar-refractivity contribution is 0.381. The number of rotatable bonds is 8. The standard InChI is InChI=1S/C15H24N3O3P/c1-12(2)6-5-7-13(3)8-9-18-11-15(16-17-18)10-14(4)22(19,20)21/h6,8,11H,4-5,7,9-10H2,1-3H3,(H2,19,20,21)/b13-8+. The van der Waals surface area contributed by atoms with Crippen LogP contribution in [-0.2, 0) is 17.5 Å². The molecule has 0 bridgehead atoms. The van der Waals surface area contributed by atoms with Crippen molar-refractivity contribution >= 4 is 7.60 Å². The van der Waals surface area contributed by atoms with Gasteiger partial charge in [0.25, 0.3) is 0 Å². The fraction of sp³-hybridized carbons (Fsp3) is 0.467. The minimum Gasteiger partial charge on any atom is -0.321 e. The quantitative estimate of drug-likeness (QED) is 0.566. The average molecular weight is 325 g/mol. The molecule has 0 spiro atoms. The largest absolute Gasteiger partial charge is 0.352 e. The van der Waals surface area contributed by atoms with Crippen molar-refractivity contribution in [2.24, 2.45) is 0 Å². The molecule has 1 rings (SSSR count). The van der Waals surface area contributed by atoms with Crippen molar-refractivity contribution < 1.29 is 14.4 Å². The van der Waals surface area contributed by atoms with Crippen LogP contribution in [0.15, 0.2) is 41.4 Å². The van der Waals surface area contributed by atoms with E-state index in [2.05, 4.69) is 49.8 Å². The first-order chi connectivity index (χ1) is 10.2. The smallest absolute Gasteiger partial charge is 0.321 e. The van der Waals surface area contributed by atoms with Gasteiger partial charge in [-0.05, 0) is 33.6 Å². The van der Waals surface area contributed by atoms with Gasteiger partial charge in [0.05, 0.1) is 12.2 Å². The summed E-state index contributed by atoms with van der Waals surface area (Å²) in [7, 11) is -4.25. The first kappa shape index (κ1) is 18.6. The molecule has 122 valence electrons. The lowest BCUT2D eigenvalue weighted by Crippen LogP contribution is -1.96. The highest BCUT2D eigenvalue weighted by atomic mass is 31.2. The molecule has 0 amide bonds. The Morgan fingerprint density at radius 3 is 2.64 bits per heavy atom. The third-order valence-electron chi connectivity index (χ3n) is 3.10. The lowest BCUT2D eigenvalue weighted by Gasteiger charge is -2.04. The highest BCUT2D eigenvalue weighted by molar-refractivity contribution is 7.56. The Labute approximate surface area is 131 Å². The molecule has 0 unspecified atom stereocenters. The maximum Gasteiger partial charge on any atom is 0.352 e. The van der Waals surface area contributed by atoms with Crippen molar-refractivity contribution in [3.05, 3.63) is 47.1 Å². The fourth-order valence-corrected chi connectivity index (χ4v) is 2.13. The summed E-state index contributed by atoms with van der Waals surface area (Å²) in [6.45, 7) is 10.2. The van der Waals surface area contributed by atoms with Gasteiger partial charge in [-0.2, -0.15) is 0 Å². The lowest BCUT2D eigenvalue weighted by atomic mass is 10.1. The van der Waals surface area contributed by atoms with E-state index in [1.807, 2.05) is 0 Å². The normalized spacial score (nSPS) is 12.3. The molecule has 0 saturated carbocycles. The first-order valence-corrected chi connectivity index (χ1v) is 8.71. The minimum atomic E-state index is -4.25. The van der Waals surface area contributed by atoms with Crippen LogP contribution in [0.1, 0.15) is 39.3 Å². The van der Waals surface area contributed by atoms with Gasteiger partial charge < -0.3 is 9.79 Å². The van der Waals surface area contributed by atoms with Gasteiger partial charge in [0.15, 0.2) is 0 Å². The Morgan fingerprint density at radius 2 is 2.05 bits per heavy atom. The van der Waals surface area contributed by atoms with Crippen molar-refractivity contribution in [3.63, 3.8) is 0 Å². The highest BCUT2D eigenvalue weighted by Crippen LogP contribution is 2.44. The first-order valence-electron chi connectivity index (χ1n) is 7.10. The molecular formula is C15H24N3O3P. The number of hydrogen-bond donors (Lipinski definition) is 2. The minimum absolute atomic E-state index is 0.0353. The molecule has 22 heavy (non-hydrogen) atoms. The van der Waals surface area contributed by atoms with E-state index in [1.165, 1.54) is 11.1 Å². The summed E-state index contributed by atoms with van der Waals surface area (Å²) < 4.78 is 12.7. The molecular weight excluding hydrogens is 301 g/mol. The van der Waals surface area contributed by atoms with Crippen LogP contribution in [0.4, 0.5) is 0 Å². The van der Waals surface area contributed by atoms with E-state index in [0.717, 1.165) is 12.8 Å². The molecule has 2 N–H and O–H groups in total. The Morgan fingerprint density at radius 1 is 1.36 bits per heavy atom. The van der Waals surface area contributed by atoms with Gasteiger partial charge in [-0.1, -0.05) is 35.1 Å². The zero-order valence-electron chi connectivity index (χ0n) is 13.4. The molecule has 0 fully saturated rings. The Kier molecular flexibility index (Phi) is 6.94. The molecule has 1 heterocycles. The third kappa shape index (κ3) is 6.98. The molecule has 0 atom stereocenters. The van der Waals surface area contributed by atoms with Crippen LogP contribution in [0, 0.1) is 0 Å². The van der Waals surface area contributed by atoms with Gasteiger partial charge in [0.1, 0.15) is 0 Å². The molecule has 0 radical (unpaired) electrons. The molecule has 0 aliphatic rings. The van der Waals surface area contributed by atoms with Crippen LogP contribution in [0.5, 0.6) is 0 Å². The zero-order chi connectivity index (χ0) is 16.8. The van der Waals surface area contributed by atoms with Crippen molar-refractivity contribution in [3.8, 4) is 0 Å². The van der Waals surface area contributed by atoms with Crippen molar-refractivity contribution in [1.29, 1.82) is 0 Å². The van der Waals surface area contributed by atoms with Gasteiger partial charge in [0, 0.05) is 17.9 Å². The molecule has 0 aromatic carbocycles. The highest BCUT2D eigenvalue weighted by Gasteiger charge is 2.19. The summed E-state index contributed by atoms with van der Waals surface area (Å²) in [4.78, 5) is 18.0. The van der Waals surface area contributed by atoms with Crippen LogP contribution in [0.2, 0.25) is 0 Å². The maximum absolute atomic E-state index is 11.0. The second-order valence-corrected chi connectivity index (χ2v) is 7.31. The van der Waals surface area contributed by atoms with Crippen LogP contribution in [-0.4, -0.2) is 24.8 Å². The molecule has 1 aromatic rings. The van der Waals surface area contributed by atoms with Gasteiger partial charge in [-0.3, -0.25) is 4.57 Å². The topological polar surface area (TPSA) is 88.2 Å². The van der Waals surface area contributed by atoms with Crippen molar-refractivity contribution in [2.45, 2.75) is 46.6 Å². The van der Waals surface area contributed by atoms with Crippen molar-refractivity contribution in [2.75, 3.05) is 0 Å². The second-order valence-electron chi connectivity index (χ2n) is 5.59. The Bertz CT molecular complexity index is 622. The predicted octanol–water partition coefficient (Wildman–Crippen LogP) is 3.20. The van der Waals surface area contributed by atoms with E-state index in [0.29, 0.717) is 12.2 Å². The summed E-state index contributed by atoms with van der Waals surface area (Å²) in [6, 6.07) is 0. The molecule has 0 aliphatic carbocycles. The summed E-state index contributed by atoms with van der Waals surface area (Å²) in [5.74, 6) is 0. The predicted molar refractivity (Wildman–Crippen MR) is 87.3 cm³/mol. The van der Waals surface area contributed by atoms with E-state index in [-0.39, 0.29) is 11.7 Å². The molecule has 0 aliphatic heterocycles. The monoisotopic (exact) mass is 325 g/mol. The van der Waals surface area contributed by atoms with Gasteiger partial charge in [-0.25, -0.2) is 4.68 Å². The van der Waals surface area contributed by atoms with Crippen LogP contribution >= 0.6 is 7.60 Å². The van der Waals surface area contributed by atoms with Crippen molar-refractivity contribution in [1.82, 2.24) is 15.0 Å². The fourth-order valence-electron chi connectivity index (χ4n) is 1.76. The SMILES string of the molecule is C=C(Cc1cn(C/C=C(\C)CCC=C(C)C)nn1)P(=O)(O)O. The number of allylic oxidation sites excluding steroid dienone is 5. The number of aromatic nitrogens is 3. The summed E-state index contributed by atoms with van der Waals surface area (Å²) in [5.41, 5.74) is 3.09. The van der Waals surface area contributed by atoms with Crippen LogP contribution in [0.3, 0.4) is 0 Å². The summed E-state index contributed by atoms with van der Waals surface area (Å²) in [5, 5.41) is 7.71. The summed E-state index contributed by atoms with van der Waals surface area (Å²) >= 11 is 0. The van der Waals surface area contributed by atoms with Gasteiger partial charge in [-0.15, -0.1) is 5.10 Å². The molecule has 1 aromatic heterocycles. The molecule has 0 saturated heterocycles. The van der Waals surface area contributed by atoms with Gasteiger partial charge >= 0.3 is 7.60 Å². The Hall–Kier alpha value is -1.49. The zero-order valence-corrected chi connectivity index (χ0v) is 14.3. The van der Waals surface area contributed by atoms with E-state index in [4.69, 9.17) is 9.79 Å². The number of nitrogens with zero attached hydrogens (tertiary/aromatic N) is 3. The third-order valence-corrected chi connectivity index (χ3v) is 4.08. The van der Waals surface area contributed by atoms with Gasteiger partial charge in [0.2, 0.25) is 0 Å². The second kappa shape index (κ2) is 8.22. The van der Waals surface area contributed by atoms with E-state index in [9.17, 15) is 4.57 Å². The maximum atomic E-state index is 11.0. The summed E-state index contributed by atoms with van der Waals surface area (Å²) in [6.07, 6.45) is 8.03. The van der Waals surface area contributed by atoms with Crippen LogP contribution in [0.25, 0.3) is 0 Å². The Balaban J connectivity index is 2.53. The van der Waals surface area contributed by atoms with E-state index < -0.39 is 7.60 Å². The number of hydrogen-bond acceptors (Lipinski definition) is 3. The van der Waals surface area contributed by atoms with E-state index >= 15 is 0 Å². The average Bonchev–Trinajstić information content (AvgIpc) is 2.82. The van der Waals surface area contributed by atoms with E-state index in [1.54, 1.807) is 10.9 Å². The molecule has 6 nitrogen and oxygen atoms in total. The van der Waals surface area contributed by atoms with Crippen LogP contribution < -0.4 is 0 Å².